The molecule has 14 heteroatoms. The molecule has 0 aromatic carbocycles. The van der Waals surface area contributed by atoms with Crippen LogP contribution in [0.25, 0.3) is 15.5 Å². The fourth-order valence-corrected chi connectivity index (χ4v) is 5.94. The molecule has 1 aliphatic heterocycles. The number of pyridine rings is 1. The van der Waals surface area contributed by atoms with Crippen molar-refractivity contribution in [3.05, 3.63) is 44.9 Å². The molecule has 2 unspecified atom stereocenters. The minimum atomic E-state index is -1.13. The molecular formula is C18H16BrClN6O4S2. The Morgan fingerprint density at radius 2 is 2.31 bits per heavy atom. The van der Waals surface area contributed by atoms with Crippen molar-refractivity contribution in [2.24, 2.45) is 0 Å². The number of thiazole rings is 1. The van der Waals surface area contributed by atoms with Crippen LogP contribution in [-0.2, 0) is 9.47 Å². The van der Waals surface area contributed by atoms with Crippen molar-refractivity contribution in [1.29, 1.82) is 0 Å². The summed E-state index contributed by atoms with van der Waals surface area (Å²) >= 11 is 11.8. The average Bonchev–Trinajstić information content (AvgIpc) is 3.43. The van der Waals surface area contributed by atoms with Gasteiger partial charge in [0.1, 0.15) is 51.8 Å². The molecule has 0 bridgehead atoms. The maximum Gasteiger partial charge on any atom is 0.283 e. The van der Waals surface area contributed by atoms with Crippen molar-refractivity contribution in [2.45, 2.75) is 34.7 Å². The smallest absolute Gasteiger partial charge is 0.283 e. The summed E-state index contributed by atoms with van der Waals surface area (Å²) in [5.74, 6) is 0.212. The van der Waals surface area contributed by atoms with E-state index in [1.54, 1.807) is 17.6 Å². The molecule has 2 N–H and O–H groups in total. The largest absolute Gasteiger partial charge is 0.394 e. The first-order valence-electron chi connectivity index (χ1n) is 9.15. The topological polar surface area (TPSA) is 120 Å². The molecule has 3 aromatic heterocycles. The summed E-state index contributed by atoms with van der Waals surface area (Å²) in [7, 11) is 1.49. The lowest BCUT2D eigenvalue weighted by Crippen LogP contribution is -2.55. The summed E-state index contributed by atoms with van der Waals surface area (Å²) in [4.78, 5) is 12.3. The standard InChI is InChI=1S/C18H16BrClN6O4S2/c1-21-16-11(3-8(19)4-22-16)32-18-15(29-2)13(14(28)10(6-27)30-18)26-5-9(24-25-26)17-23-12(20)7-31-17/h3-5,7,10,13-15,18,27-28H,6H2,2H3/t10?,13-,14-,15?,18+/m0/s1. The lowest BCUT2D eigenvalue weighted by molar-refractivity contribution is -0.186. The van der Waals surface area contributed by atoms with Crippen LogP contribution in [0.1, 0.15) is 6.04 Å². The zero-order valence-corrected chi connectivity index (χ0v) is 20.3. The van der Waals surface area contributed by atoms with Crippen molar-refractivity contribution >= 4 is 56.4 Å². The lowest BCUT2D eigenvalue weighted by Gasteiger charge is -2.43. The van der Waals surface area contributed by atoms with E-state index in [4.69, 9.17) is 27.6 Å². The van der Waals surface area contributed by atoms with Gasteiger partial charge in [-0.25, -0.2) is 9.67 Å². The Labute approximate surface area is 204 Å². The highest BCUT2D eigenvalue weighted by Gasteiger charge is 2.47. The van der Waals surface area contributed by atoms with Gasteiger partial charge in [0.2, 0.25) is 0 Å². The number of hydrogen-bond donors (Lipinski definition) is 2. The van der Waals surface area contributed by atoms with Gasteiger partial charge in [0, 0.05) is 17.4 Å². The van der Waals surface area contributed by atoms with Gasteiger partial charge in [-0.2, -0.15) is 0 Å². The van der Waals surface area contributed by atoms with Crippen LogP contribution in [0.3, 0.4) is 0 Å². The second-order valence-electron chi connectivity index (χ2n) is 6.67. The van der Waals surface area contributed by atoms with E-state index in [2.05, 4.69) is 41.1 Å². The number of methoxy groups -OCH3 is 1. The van der Waals surface area contributed by atoms with Crippen LogP contribution in [0, 0.1) is 6.57 Å². The van der Waals surface area contributed by atoms with Crippen LogP contribution >= 0.6 is 50.6 Å². The number of hydrogen-bond acceptors (Lipinski definition) is 10. The van der Waals surface area contributed by atoms with Crippen LogP contribution in [0.2, 0.25) is 5.15 Å². The van der Waals surface area contributed by atoms with Crippen molar-refractivity contribution in [3.8, 4) is 10.7 Å². The summed E-state index contributed by atoms with van der Waals surface area (Å²) < 4.78 is 13.8. The number of thioether (sulfide) groups is 1. The molecule has 0 saturated carbocycles. The Hall–Kier alpha value is -1.63. The summed E-state index contributed by atoms with van der Waals surface area (Å²) in [6.07, 6.45) is 0.462. The van der Waals surface area contributed by atoms with E-state index in [0.29, 0.717) is 25.2 Å². The van der Waals surface area contributed by atoms with Crippen LogP contribution in [0.5, 0.6) is 0 Å². The van der Waals surface area contributed by atoms with E-state index < -0.39 is 36.4 Å². The molecule has 1 aliphatic rings. The molecule has 32 heavy (non-hydrogen) atoms. The quantitative estimate of drug-likeness (QED) is 0.439. The Kier molecular flexibility index (Phi) is 7.43. The maximum atomic E-state index is 10.9. The second-order valence-corrected chi connectivity index (χ2v) is 9.97. The number of nitrogens with zero attached hydrogens (tertiary/aromatic N) is 6. The van der Waals surface area contributed by atoms with Gasteiger partial charge in [0.25, 0.3) is 5.82 Å². The highest BCUT2D eigenvalue weighted by Crippen LogP contribution is 2.42. The van der Waals surface area contributed by atoms with E-state index in [1.807, 2.05) is 0 Å². The van der Waals surface area contributed by atoms with Gasteiger partial charge in [-0.3, -0.25) is 0 Å². The molecule has 0 aliphatic carbocycles. The highest BCUT2D eigenvalue weighted by atomic mass is 79.9. The fourth-order valence-electron chi connectivity index (χ4n) is 3.31. The first-order chi connectivity index (χ1) is 15.4. The highest BCUT2D eigenvalue weighted by molar-refractivity contribution is 9.10. The predicted molar refractivity (Wildman–Crippen MR) is 122 cm³/mol. The number of aliphatic hydroxyl groups is 2. The van der Waals surface area contributed by atoms with Gasteiger partial charge in [0.05, 0.1) is 17.3 Å². The first kappa shape index (κ1) is 23.5. The SMILES string of the molecule is [C-]#[N+]c1ncc(Br)cc1S[C@H]1OC(CO)[C@H](O)[C@H](n2cc(-c3nc(Cl)cs3)nn2)C1OC. The zero-order valence-electron chi connectivity index (χ0n) is 16.4. The Morgan fingerprint density at radius 1 is 1.50 bits per heavy atom. The van der Waals surface area contributed by atoms with Crippen molar-refractivity contribution in [1.82, 2.24) is 25.0 Å². The molecule has 4 rings (SSSR count). The molecule has 4 heterocycles. The molecular weight excluding hydrogens is 544 g/mol. The van der Waals surface area contributed by atoms with Gasteiger partial charge in [-0.1, -0.05) is 23.4 Å². The van der Waals surface area contributed by atoms with E-state index in [1.165, 1.54) is 41.1 Å². The van der Waals surface area contributed by atoms with E-state index in [0.717, 1.165) is 0 Å². The summed E-state index contributed by atoms with van der Waals surface area (Å²) in [6, 6.07) is 1.03. The molecule has 0 spiro atoms. The monoisotopic (exact) mass is 558 g/mol. The number of rotatable bonds is 6. The van der Waals surface area contributed by atoms with Crippen LogP contribution in [0.15, 0.2) is 33.2 Å². The number of halogens is 2. The molecule has 168 valence electrons. The minimum Gasteiger partial charge on any atom is -0.394 e. The molecule has 0 radical (unpaired) electrons. The maximum absolute atomic E-state index is 10.9. The second kappa shape index (κ2) is 10.1. The lowest BCUT2D eigenvalue weighted by atomic mass is 9.97. The van der Waals surface area contributed by atoms with Gasteiger partial charge in [0.15, 0.2) is 0 Å². The van der Waals surface area contributed by atoms with Crippen LogP contribution in [0.4, 0.5) is 5.82 Å². The van der Waals surface area contributed by atoms with Gasteiger partial charge >= 0.3 is 0 Å². The third-order valence-corrected chi connectivity index (χ3v) is 7.54. The van der Waals surface area contributed by atoms with Gasteiger partial charge in [-0.15, -0.1) is 33.2 Å². The van der Waals surface area contributed by atoms with Gasteiger partial charge < -0.3 is 24.5 Å². The number of ether oxygens (including phenoxy) is 2. The van der Waals surface area contributed by atoms with Crippen molar-refractivity contribution < 1.29 is 19.7 Å². The summed E-state index contributed by atoms with van der Waals surface area (Å²) in [6.45, 7) is 6.97. The first-order valence-corrected chi connectivity index (χ1v) is 12.1. The van der Waals surface area contributed by atoms with Crippen molar-refractivity contribution in [2.75, 3.05) is 13.7 Å². The average molecular weight is 560 g/mol. The molecule has 5 atom stereocenters. The van der Waals surface area contributed by atoms with Crippen LogP contribution in [-0.4, -0.2) is 72.6 Å². The fraction of sp³-hybridized carbons (Fsp3) is 0.389. The summed E-state index contributed by atoms with van der Waals surface area (Å²) in [5, 5.41) is 31.7. The molecule has 3 aromatic rings. The number of aliphatic hydroxyl groups excluding tert-OH is 2. The third kappa shape index (κ3) is 4.68. The Balaban J connectivity index is 1.68. The normalized spacial score (nSPS) is 25.6. The third-order valence-electron chi connectivity index (χ3n) is 4.76. The summed E-state index contributed by atoms with van der Waals surface area (Å²) in [5.41, 5.74) is -0.184. The Bertz CT molecular complexity index is 1140. The van der Waals surface area contributed by atoms with Crippen LogP contribution < -0.4 is 0 Å². The zero-order chi connectivity index (χ0) is 22.8. The minimum absolute atomic E-state index is 0.212. The van der Waals surface area contributed by atoms with Crippen molar-refractivity contribution in [3.63, 3.8) is 0 Å². The van der Waals surface area contributed by atoms with E-state index in [9.17, 15) is 10.2 Å². The molecule has 10 nitrogen and oxygen atoms in total. The van der Waals surface area contributed by atoms with E-state index >= 15 is 0 Å². The number of aromatic nitrogens is 5. The molecule has 1 fully saturated rings. The van der Waals surface area contributed by atoms with E-state index in [-0.39, 0.29) is 5.82 Å². The molecule has 0 amide bonds. The Morgan fingerprint density at radius 3 is 2.97 bits per heavy atom. The molecule has 1 saturated heterocycles. The predicted octanol–water partition coefficient (Wildman–Crippen LogP) is 3.19. The van der Waals surface area contributed by atoms with Gasteiger partial charge in [-0.05, 0) is 22.0 Å².